The Hall–Kier alpha value is -1.60. The van der Waals surface area contributed by atoms with E-state index in [1.165, 1.54) is 0 Å². The summed E-state index contributed by atoms with van der Waals surface area (Å²) >= 11 is 0. The van der Waals surface area contributed by atoms with Gasteiger partial charge in [-0.25, -0.2) is 4.79 Å². The maximum Gasteiger partial charge on any atom is 0.315 e. The molecule has 2 fully saturated rings. The van der Waals surface area contributed by atoms with E-state index in [-0.39, 0.29) is 23.8 Å². The summed E-state index contributed by atoms with van der Waals surface area (Å²) in [5.41, 5.74) is 0.841. The molecule has 7 nitrogen and oxygen atoms in total. The molecule has 1 aromatic heterocycles. The van der Waals surface area contributed by atoms with E-state index in [0.717, 1.165) is 37.7 Å². The van der Waals surface area contributed by atoms with Crippen LogP contribution in [-0.2, 0) is 16.5 Å². The predicted molar refractivity (Wildman–Crippen MR) is 85.0 cm³/mol. The van der Waals surface area contributed by atoms with Gasteiger partial charge in [0.15, 0.2) is 0 Å². The number of rotatable bonds is 5. The minimum absolute atomic E-state index is 0.0344. The van der Waals surface area contributed by atoms with E-state index >= 15 is 0 Å². The number of hydrogen-bond donors (Lipinski definition) is 2. The van der Waals surface area contributed by atoms with Crippen molar-refractivity contribution >= 4 is 6.03 Å². The first kappa shape index (κ1) is 16.3. The number of amides is 2. The second-order valence-electron chi connectivity index (χ2n) is 6.56. The summed E-state index contributed by atoms with van der Waals surface area (Å²) in [7, 11) is 3.59. The number of nitrogens with zero attached hydrogens (tertiary/aromatic N) is 2. The highest BCUT2D eigenvalue weighted by Crippen LogP contribution is 2.34. The van der Waals surface area contributed by atoms with Gasteiger partial charge in [0, 0.05) is 39.1 Å². The molecule has 2 aliphatic rings. The second kappa shape index (κ2) is 6.88. The fourth-order valence-electron chi connectivity index (χ4n) is 3.33. The maximum absolute atomic E-state index is 12.2. The van der Waals surface area contributed by atoms with E-state index in [9.17, 15) is 4.79 Å². The molecule has 2 atom stereocenters. The number of carbonyl (C=O) groups is 1. The normalized spacial score (nSPS) is 26.3. The van der Waals surface area contributed by atoms with E-state index in [1.54, 1.807) is 18.0 Å². The highest BCUT2D eigenvalue weighted by atomic mass is 16.5. The number of urea groups is 1. The molecular weight excluding hydrogens is 296 g/mol. The molecule has 1 aliphatic heterocycles. The van der Waals surface area contributed by atoms with Crippen LogP contribution in [0, 0.1) is 0 Å². The molecule has 23 heavy (non-hydrogen) atoms. The minimum atomic E-state index is -0.164. The van der Waals surface area contributed by atoms with Gasteiger partial charge in [0.1, 0.15) is 6.10 Å². The van der Waals surface area contributed by atoms with Crippen LogP contribution in [0.5, 0.6) is 0 Å². The third-order valence-corrected chi connectivity index (χ3v) is 4.96. The lowest BCUT2D eigenvalue weighted by molar-refractivity contribution is -0.0676. The summed E-state index contributed by atoms with van der Waals surface area (Å²) in [6.07, 6.45) is 8.64. The standard InChI is InChI=1S/C16H26N4O3/c1-20-10-12(9-18-20)14-13(5-3-8-23-14)19-15(21)17-11-16(22-2)6-4-7-16/h9-10,13-14H,3-8,11H2,1-2H3,(H2,17,19,21)/t13-,14+/m0/s1. The summed E-state index contributed by atoms with van der Waals surface area (Å²) in [5.74, 6) is 0. The molecule has 0 bridgehead atoms. The number of methoxy groups -OCH3 is 1. The Morgan fingerprint density at radius 2 is 2.35 bits per heavy atom. The van der Waals surface area contributed by atoms with Crippen LogP contribution < -0.4 is 10.6 Å². The van der Waals surface area contributed by atoms with Crippen LogP contribution in [0.2, 0.25) is 0 Å². The van der Waals surface area contributed by atoms with Gasteiger partial charge in [-0.1, -0.05) is 0 Å². The van der Waals surface area contributed by atoms with Crippen LogP contribution in [-0.4, -0.2) is 47.7 Å². The average molecular weight is 322 g/mol. The van der Waals surface area contributed by atoms with Crippen molar-refractivity contribution in [1.29, 1.82) is 0 Å². The smallest absolute Gasteiger partial charge is 0.315 e. The Bertz CT molecular complexity index is 536. The number of carbonyl (C=O) groups excluding carboxylic acids is 1. The lowest BCUT2D eigenvalue weighted by atomic mass is 9.80. The van der Waals surface area contributed by atoms with Gasteiger partial charge in [0.25, 0.3) is 0 Å². The molecule has 1 aliphatic carbocycles. The van der Waals surface area contributed by atoms with Gasteiger partial charge in [-0.15, -0.1) is 0 Å². The van der Waals surface area contributed by atoms with Crippen LogP contribution in [0.15, 0.2) is 12.4 Å². The van der Waals surface area contributed by atoms with E-state index < -0.39 is 0 Å². The number of ether oxygens (including phenoxy) is 2. The highest BCUT2D eigenvalue weighted by molar-refractivity contribution is 5.74. The van der Waals surface area contributed by atoms with Gasteiger partial charge in [-0.2, -0.15) is 5.10 Å². The Morgan fingerprint density at radius 1 is 1.52 bits per heavy atom. The molecule has 1 aromatic rings. The first-order valence-electron chi connectivity index (χ1n) is 8.31. The number of aryl methyl sites for hydroxylation is 1. The lowest BCUT2D eigenvalue weighted by Gasteiger charge is -2.40. The molecule has 2 amide bonds. The van der Waals surface area contributed by atoms with Gasteiger partial charge in [-0.3, -0.25) is 4.68 Å². The van der Waals surface area contributed by atoms with Crippen LogP contribution >= 0.6 is 0 Å². The second-order valence-corrected chi connectivity index (χ2v) is 6.56. The molecule has 2 heterocycles. The van der Waals surface area contributed by atoms with Crippen molar-refractivity contribution in [3.05, 3.63) is 18.0 Å². The van der Waals surface area contributed by atoms with Crippen molar-refractivity contribution in [2.75, 3.05) is 20.3 Å². The zero-order chi connectivity index (χ0) is 16.3. The van der Waals surface area contributed by atoms with E-state index in [0.29, 0.717) is 13.2 Å². The summed E-state index contributed by atoms with van der Waals surface area (Å²) in [6, 6.07) is -0.189. The molecule has 0 unspecified atom stereocenters. The molecule has 0 spiro atoms. The summed E-state index contributed by atoms with van der Waals surface area (Å²) < 4.78 is 13.2. The number of aromatic nitrogens is 2. The SMILES string of the molecule is COC1(CNC(=O)N[C@H]2CCCO[C@@H]2c2cnn(C)c2)CCC1. The van der Waals surface area contributed by atoms with E-state index in [4.69, 9.17) is 9.47 Å². The fraction of sp³-hybridized carbons (Fsp3) is 0.750. The van der Waals surface area contributed by atoms with Crippen LogP contribution in [0.3, 0.4) is 0 Å². The van der Waals surface area contributed by atoms with Gasteiger partial charge in [-0.05, 0) is 32.1 Å². The zero-order valence-electron chi connectivity index (χ0n) is 13.9. The first-order chi connectivity index (χ1) is 11.1. The molecule has 7 heteroatoms. The minimum Gasteiger partial charge on any atom is -0.376 e. The quantitative estimate of drug-likeness (QED) is 0.861. The maximum atomic E-state index is 12.2. The monoisotopic (exact) mass is 322 g/mol. The van der Waals surface area contributed by atoms with Crippen LogP contribution in [0.1, 0.15) is 43.8 Å². The molecule has 128 valence electrons. The van der Waals surface area contributed by atoms with E-state index in [2.05, 4.69) is 15.7 Å². The van der Waals surface area contributed by atoms with Crippen LogP contribution in [0.25, 0.3) is 0 Å². The van der Waals surface area contributed by atoms with Crippen molar-refractivity contribution in [3.8, 4) is 0 Å². The molecule has 1 saturated carbocycles. The fourth-order valence-corrected chi connectivity index (χ4v) is 3.33. The number of hydrogen-bond acceptors (Lipinski definition) is 4. The van der Waals surface area contributed by atoms with Gasteiger partial charge in [0.05, 0.1) is 17.8 Å². The van der Waals surface area contributed by atoms with Crippen molar-refractivity contribution in [1.82, 2.24) is 20.4 Å². The molecule has 3 rings (SSSR count). The molecular formula is C16H26N4O3. The molecule has 2 N–H and O–H groups in total. The largest absolute Gasteiger partial charge is 0.376 e. The Kier molecular flexibility index (Phi) is 4.87. The van der Waals surface area contributed by atoms with Crippen molar-refractivity contribution in [3.63, 3.8) is 0 Å². The highest BCUT2D eigenvalue weighted by Gasteiger charge is 2.37. The van der Waals surface area contributed by atoms with Gasteiger partial charge in [0.2, 0.25) is 0 Å². The van der Waals surface area contributed by atoms with Gasteiger partial charge < -0.3 is 20.1 Å². The van der Waals surface area contributed by atoms with Crippen LogP contribution in [0.4, 0.5) is 4.79 Å². The Labute approximate surface area is 136 Å². The average Bonchev–Trinajstić information content (AvgIpc) is 2.93. The first-order valence-corrected chi connectivity index (χ1v) is 8.31. The molecule has 1 saturated heterocycles. The number of nitrogens with one attached hydrogen (secondary N) is 2. The summed E-state index contributed by atoms with van der Waals surface area (Å²) in [6.45, 7) is 1.27. The molecule has 0 aromatic carbocycles. The van der Waals surface area contributed by atoms with Crippen molar-refractivity contribution in [2.45, 2.75) is 49.9 Å². The predicted octanol–water partition coefficient (Wildman–Crippen LogP) is 1.51. The third kappa shape index (κ3) is 3.67. The van der Waals surface area contributed by atoms with Crippen molar-refractivity contribution < 1.29 is 14.3 Å². The third-order valence-electron chi connectivity index (χ3n) is 4.96. The van der Waals surface area contributed by atoms with Gasteiger partial charge >= 0.3 is 6.03 Å². The Morgan fingerprint density at radius 3 is 2.96 bits per heavy atom. The van der Waals surface area contributed by atoms with Crippen molar-refractivity contribution in [2.24, 2.45) is 7.05 Å². The molecule has 0 radical (unpaired) electrons. The lowest BCUT2D eigenvalue weighted by Crippen LogP contribution is -2.53. The topological polar surface area (TPSA) is 77.4 Å². The Balaban J connectivity index is 1.55. The summed E-state index contributed by atoms with van der Waals surface area (Å²) in [5, 5.41) is 10.2. The zero-order valence-corrected chi connectivity index (χ0v) is 13.9. The summed E-state index contributed by atoms with van der Waals surface area (Å²) in [4.78, 5) is 12.2. The van der Waals surface area contributed by atoms with E-state index in [1.807, 2.05) is 13.2 Å².